The van der Waals surface area contributed by atoms with Crippen LogP contribution in [-0.4, -0.2) is 64.5 Å². The molecule has 7 heteroatoms. The summed E-state index contributed by atoms with van der Waals surface area (Å²) in [7, 11) is 3.06. The van der Waals surface area contributed by atoms with Crippen LogP contribution in [0.25, 0.3) is 0 Å². The Kier molecular flexibility index (Phi) is 7.12. The Balaban J connectivity index is 2.67. The van der Waals surface area contributed by atoms with Crippen molar-refractivity contribution in [3.8, 4) is 0 Å². The van der Waals surface area contributed by atoms with Gasteiger partial charge in [-0.3, -0.25) is 5.21 Å². The van der Waals surface area contributed by atoms with Crippen LogP contribution in [0.3, 0.4) is 0 Å². The topological polar surface area (TPSA) is 76.1 Å². The predicted octanol–water partition coefficient (Wildman–Crippen LogP) is 2.85. The van der Waals surface area contributed by atoms with E-state index < -0.39 is 17.7 Å². The number of nitrogens with one attached hydrogen (secondary N) is 1. The lowest BCUT2D eigenvalue weighted by Crippen LogP contribution is -2.58. The van der Waals surface area contributed by atoms with Gasteiger partial charge in [-0.15, -0.1) is 0 Å². The molecule has 7 nitrogen and oxygen atoms in total. The second-order valence-corrected chi connectivity index (χ2v) is 6.74. The highest BCUT2D eigenvalue weighted by molar-refractivity contribution is 5.80. The fraction of sp³-hybridized carbons (Fsp3) is 0.875. The lowest BCUT2D eigenvalue weighted by atomic mass is 9.99. The summed E-state index contributed by atoms with van der Waals surface area (Å²) in [5.41, 5.74) is -0.656. The van der Waals surface area contributed by atoms with E-state index in [1.165, 1.54) is 37.6 Å². The third kappa shape index (κ3) is 4.28. The quantitative estimate of drug-likeness (QED) is 0.409. The maximum absolute atomic E-state index is 12.5. The standard InChI is InChI=1S/C16H32N4O3/c1-6-7-8-9-10-11-12-19-15(22)18(5)13(16(19,2)3)20(23)14(21)17-4/h13,23H,6-12H2,1-5H3,(H,17,21)/t13-/m0/s1. The summed E-state index contributed by atoms with van der Waals surface area (Å²) in [6.45, 7) is 6.58. The number of unbranched alkanes of at least 4 members (excludes halogenated alkanes) is 5. The van der Waals surface area contributed by atoms with Gasteiger partial charge in [-0.05, 0) is 20.3 Å². The lowest BCUT2D eigenvalue weighted by Gasteiger charge is -2.37. The summed E-state index contributed by atoms with van der Waals surface area (Å²) in [6, 6.07) is -0.777. The molecule has 0 aromatic heterocycles. The van der Waals surface area contributed by atoms with Crippen LogP contribution in [0.4, 0.5) is 9.59 Å². The predicted molar refractivity (Wildman–Crippen MR) is 89.2 cm³/mol. The maximum Gasteiger partial charge on any atom is 0.342 e. The zero-order chi connectivity index (χ0) is 17.6. The minimum atomic E-state index is -0.713. The number of carbonyl (C=O) groups excluding carboxylic acids is 2. The van der Waals surface area contributed by atoms with E-state index in [1.807, 2.05) is 13.8 Å². The van der Waals surface area contributed by atoms with Crippen LogP contribution in [-0.2, 0) is 0 Å². The van der Waals surface area contributed by atoms with Gasteiger partial charge in [0.15, 0.2) is 6.17 Å². The molecule has 1 heterocycles. The molecule has 0 unspecified atom stereocenters. The summed E-state index contributed by atoms with van der Waals surface area (Å²) in [4.78, 5) is 27.4. The Bertz CT molecular complexity index is 414. The normalized spacial score (nSPS) is 20.1. The molecule has 0 bridgehead atoms. The fourth-order valence-electron chi connectivity index (χ4n) is 3.28. The molecular formula is C16H32N4O3. The Morgan fingerprint density at radius 1 is 1.26 bits per heavy atom. The second kappa shape index (κ2) is 8.38. The van der Waals surface area contributed by atoms with Gasteiger partial charge < -0.3 is 15.1 Å². The van der Waals surface area contributed by atoms with Gasteiger partial charge >= 0.3 is 12.1 Å². The third-order valence-corrected chi connectivity index (χ3v) is 4.62. The highest BCUT2D eigenvalue weighted by Gasteiger charge is 2.53. The molecule has 1 saturated heterocycles. The van der Waals surface area contributed by atoms with E-state index in [4.69, 9.17) is 0 Å². The molecule has 0 aromatic rings. The van der Waals surface area contributed by atoms with Crippen molar-refractivity contribution in [3.05, 3.63) is 0 Å². The highest BCUT2D eigenvalue weighted by atomic mass is 16.5. The minimum Gasteiger partial charge on any atom is -0.339 e. The van der Waals surface area contributed by atoms with E-state index >= 15 is 0 Å². The van der Waals surface area contributed by atoms with Crippen LogP contribution in [0.5, 0.6) is 0 Å². The van der Waals surface area contributed by atoms with Gasteiger partial charge in [0.05, 0.1) is 5.54 Å². The van der Waals surface area contributed by atoms with Crippen molar-refractivity contribution in [1.82, 2.24) is 20.2 Å². The largest absolute Gasteiger partial charge is 0.342 e. The molecule has 1 atom stereocenters. The number of carbonyl (C=O) groups is 2. The molecule has 0 aromatic carbocycles. The average molecular weight is 328 g/mol. The molecule has 0 radical (unpaired) electrons. The van der Waals surface area contributed by atoms with Gasteiger partial charge in [-0.25, -0.2) is 9.59 Å². The molecule has 2 N–H and O–H groups in total. The first-order chi connectivity index (χ1) is 10.8. The zero-order valence-corrected chi connectivity index (χ0v) is 15.1. The third-order valence-electron chi connectivity index (χ3n) is 4.62. The van der Waals surface area contributed by atoms with Crippen molar-refractivity contribution < 1.29 is 14.8 Å². The molecule has 1 aliphatic rings. The molecule has 4 amide bonds. The number of urea groups is 2. The van der Waals surface area contributed by atoms with Gasteiger partial charge in [0.25, 0.3) is 0 Å². The van der Waals surface area contributed by atoms with Crippen LogP contribution in [0.15, 0.2) is 0 Å². The van der Waals surface area contributed by atoms with E-state index in [0.29, 0.717) is 11.6 Å². The Labute approximate surface area is 139 Å². The van der Waals surface area contributed by atoms with Crippen LogP contribution < -0.4 is 5.32 Å². The molecule has 23 heavy (non-hydrogen) atoms. The second-order valence-electron chi connectivity index (χ2n) is 6.74. The molecule has 134 valence electrons. The lowest BCUT2D eigenvalue weighted by molar-refractivity contribution is -0.129. The summed E-state index contributed by atoms with van der Waals surface area (Å²) >= 11 is 0. The number of hydrogen-bond donors (Lipinski definition) is 2. The number of hydrogen-bond acceptors (Lipinski definition) is 3. The van der Waals surface area contributed by atoms with E-state index in [1.54, 1.807) is 11.9 Å². The smallest absolute Gasteiger partial charge is 0.339 e. The van der Waals surface area contributed by atoms with Crippen LogP contribution in [0, 0.1) is 0 Å². The summed E-state index contributed by atoms with van der Waals surface area (Å²) in [5, 5.41) is 13.1. The van der Waals surface area contributed by atoms with Crippen molar-refractivity contribution in [2.24, 2.45) is 0 Å². The van der Waals surface area contributed by atoms with E-state index in [0.717, 1.165) is 12.8 Å². The van der Waals surface area contributed by atoms with Crippen molar-refractivity contribution in [3.63, 3.8) is 0 Å². The van der Waals surface area contributed by atoms with Crippen molar-refractivity contribution in [1.29, 1.82) is 0 Å². The monoisotopic (exact) mass is 328 g/mol. The molecule has 0 spiro atoms. The first-order valence-corrected chi connectivity index (χ1v) is 8.53. The Morgan fingerprint density at radius 3 is 2.39 bits per heavy atom. The minimum absolute atomic E-state index is 0.156. The van der Waals surface area contributed by atoms with Crippen molar-refractivity contribution >= 4 is 12.1 Å². The molecule has 1 aliphatic heterocycles. The number of likely N-dealkylation sites (N-methyl/N-ethyl adjacent to an activating group) is 1. The van der Waals surface area contributed by atoms with E-state index in [9.17, 15) is 14.8 Å². The van der Waals surface area contributed by atoms with E-state index in [-0.39, 0.29) is 6.03 Å². The van der Waals surface area contributed by atoms with Gasteiger partial charge in [-0.1, -0.05) is 39.0 Å². The summed E-state index contributed by atoms with van der Waals surface area (Å²) < 4.78 is 0. The van der Waals surface area contributed by atoms with Gasteiger partial charge in [-0.2, -0.15) is 5.06 Å². The molecule has 1 fully saturated rings. The molecule has 1 rings (SSSR count). The maximum atomic E-state index is 12.5. The Hall–Kier alpha value is -1.50. The molecule has 0 aliphatic carbocycles. The first kappa shape index (κ1) is 19.5. The zero-order valence-electron chi connectivity index (χ0n) is 15.1. The van der Waals surface area contributed by atoms with E-state index in [2.05, 4.69) is 12.2 Å². The molecule has 0 saturated carbocycles. The van der Waals surface area contributed by atoms with Crippen LogP contribution in [0.2, 0.25) is 0 Å². The summed E-state index contributed by atoms with van der Waals surface area (Å²) in [5.74, 6) is 0. The van der Waals surface area contributed by atoms with Crippen molar-refractivity contribution in [2.75, 3.05) is 20.6 Å². The fourth-order valence-corrected chi connectivity index (χ4v) is 3.28. The Morgan fingerprint density at radius 2 is 1.83 bits per heavy atom. The highest BCUT2D eigenvalue weighted by Crippen LogP contribution is 2.33. The average Bonchev–Trinajstić information content (AvgIpc) is 2.68. The van der Waals surface area contributed by atoms with Gasteiger partial charge in [0.2, 0.25) is 0 Å². The SMILES string of the molecule is CCCCCCCCN1C(=O)N(C)[C@@H](N(O)C(=O)NC)C1(C)C. The molecular weight excluding hydrogens is 296 g/mol. The number of rotatable bonds is 8. The van der Waals surface area contributed by atoms with Crippen LogP contribution in [0.1, 0.15) is 59.3 Å². The van der Waals surface area contributed by atoms with Gasteiger partial charge in [0.1, 0.15) is 0 Å². The number of amides is 4. The first-order valence-electron chi connectivity index (χ1n) is 8.53. The number of nitrogens with zero attached hydrogens (tertiary/aromatic N) is 3. The van der Waals surface area contributed by atoms with Crippen molar-refractivity contribution in [2.45, 2.75) is 71.0 Å². The van der Waals surface area contributed by atoms with Crippen LogP contribution >= 0.6 is 0 Å². The van der Waals surface area contributed by atoms with Gasteiger partial charge in [0, 0.05) is 20.6 Å². The number of hydroxylamine groups is 2. The summed E-state index contributed by atoms with van der Waals surface area (Å²) in [6.07, 6.45) is 6.20.